The Morgan fingerprint density at radius 3 is 2.59 bits per heavy atom. The minimum absolute atomic E-state index is 0.196. The number of fused-ring (bicyclic) bond motifs is 1. The number of aryl methyl sites for hydroxylation is 2. The Bertz CT molecular complexity index is 1100. The number of nitrogens with zero attached hydrogens (tertiary/aromatic N) is 1. The third-order valence-electron chi connectivity index (χ3n) is 5.94. The Morgan fingerprint density at radius 1 is 1.03 bits per heavy atom. The van der Waals surface area contributed by atoms with Gasteiger partial charge in [-0.1, -0.05) is 12.1 Å². The predicted octanol–water partition coefficient (Wildman–Crippen LogP) is 5.74. The van der Waals surface area contributed by atoms with Gasteiger partial charge in [0.15, 0.2) is 5.78 Å². The monoisotopic (exact) mass is 401 g/mol. The number of nitrogens with one attached hydrogen (secondary N) is 2. The van der Waals surface area contributed by atoms with Gasteiger partial charge in [0.2, 0.25) is 0 Å². The summed E-state index contributed by atoms with van der Waals surface area (Å²) in [5.41, 5.74) is 7.20. The minimum Gasteiger partial charge on any atom is -0.371 e. The van der Waals surface area contributed by atoms with Gasteiger partial charge in [0.25, 0.3) is 0 Å². The zero-order chi connectivity index (χ0) is 20.0. The molecular formula is C24H23N3OS. The number of ketones is 1. The molecule has 0 saturated heterocycles. The first-order valence-electron chi connectivity index (χ1n) is 9.95. The number of carbonyl (C=O) groups excluding carboxylic acids is 1. The number of hydrogen-bond donors (Lipinski definition) is 2. The summed E-state index contributed by atoms with van der Waals surface area (Å²) in [6.07, 6.45) is 3.16. The van der Waals surface area contributed by atoms with E-state index in [0.717, 1.165) is 34.8 Å². The molecule has 3 heterocycles. The van der Waals surface area contributed by atoms with Crippen LogP contribution in [-0.4, -0.2) is 10.8 Å². The van der Waals surface area contributed by atoms with Crippen molar-refractivity contribution >= 4 is 28.5 Å². The Morgan fingerprint density at radius 2 is 1.86 bits per heavy atom. The Hall–Kier alpha value is -2.92. The fraction of sp³-hybridized carbons (Fsp3) is 0.250. The largest absolute Gasteiger partial charge is 0.371 e. The van der Waals surface area contributed by atoms with Crippen LogP contribution in [0.1, 0.15) is 46.5 Å². The van der Waals surface area contributed by atoms with E-state index in [4.69, 9.17) is 0 Å². The molecule has 1 aliphatic heterocycles. The number of pyridine rings is 1. The molecule has 29 heavy (non-hydrogen) atoms. The van der Waals surface area contributed by atoms with Crippen molar-refractivity contribution in [1.29, 1.82) is 0 Å². The quantitative estimate of drug-likeness (QED) is 0.575. The number of Topliss-reactive ketones (excluding diaryl/α,β-unsaturated/α-hetero) is 1. The van der Waals surface area contributed by atoms with E-state index in [1.807, 2.05) is 18.2 Å². The number of allylic oxidation sites excluding steroid dienone is 1. The molecule has 1 aliphatic carbocycles. The van der Waals surface area contributed by atoms with E-state index in [2.05, 4.69) is 59.1 Å². The molecule has 3 aromatic rings. The highest BCUT2D eigenvalue weighted by Gasteiger charge is 2.36. The fourth-order valence-electron chi connectivity index (χ4n) is 4.31. The summed E-state index contributed by atoms with van der Waals surface area (Å²) in [5.74, 6) is 0.424. The minimum atomic E-state index is -0.251. The number of rotatable bonds is 2. The first-order valence-corrected chi connectivity index (χ1v) is 10.8. The van der Waals surface area contributed by atoms with Crippen LogP contribution in [0.4, 0.5) is 11.4 Å². The number of aromatic nitrogens is 1. The molecule has 2 aromatic heterocycles. The van der Waals surface area contributed by atoms with Crippen molar-refractivity contribution in [3.05, 3.63) is 87.0 Å². The summed E-state index contributed by atoms with van der Waals surface area (Å²) < 4.78 is 0. The molecule has 146 valence electrons. The van der Waals surface area contributed by atoms with Gasteiger partial charge in [0, 0.05) is 34.7 Å². The average molecular weight is 402 g/mol. The molecule has 0 fully saturated rings. The maximum atomic E-state index is 13.4. The molecule has 0 saturated carbocycles. The Kier molecular flexibility index (Phi) is 4.47. The van der Waals surface area contributed by atoms with Crippen LogP contribution in [0.15, 0.2) is 65.3 Å². The topological polar surface area (TPSA) is 54.0 Å². The lowest BCUT2D eigenvalue weighted by Crippen LogP contribution is -2.27. The predicted molar refractivity (Wildman–Crippen MR) is 118 cm³/mol. The van der Waals surface area contributed by atoms with Gasteiger partial charge >= 0.3 is 0 Å². The van der Waals surface area contributed by atoms with Crippen LogP contribution in [0.2, 0.25) is 0 Å². The average Bonchev–Trinajstić information content (AvgIpc) is 3.20. The molecule has 5 rings (SSSR count). The Balaban J connectivity index is 1.65. The first kappa shape index (κ1) is 18.1. The van der Waals surface area contributed by atoms with Gasteiger partial charge in [-0.2, -0.15) is 0 Å². The van der Waals surface area contributed by atoms with E-state index < -0.39 is 0 Å². The van der Waals surface area contributed by atoms with Gasteiger partial charge in [-0.3, -0.25) is 9.78 Å². The molecule has 0 spiro atoms. The van der Waals surface area contributed by atoms with Crippen molar-refractivity contribution in [2.24, 2.45) is 0 Å². The van der Waals surface area contributed by atoms with E-state index in [9.17, 15) is 4.79 Å². The molecule has 0 radical (unpaired) electrons. The third kappa shape index (κ3) is 3.25. The molecular weight excluding hydrogens is 378 g/mol. The molecule has 0 unspecified atom stereocenters. The van der Waals surface area contributed by atoms with Crippen molar-refractivity contribution in [3.63, 3.8) is 0 Å². The van der Waals surface area contributed by atoms with E-state index in [0.29, 0.717) is 6.42 Å². The number of benzene rings is 1. The second-order valence-corrected chi connectivity index (χ2v) is 8.85. The van der Waals surface area contributed by atoms with Crippen LogP contribution in [0.5, 0.6) is 0 Å². The van der Waals surface area contributed by atoms with Gasteiger partial charge in [-0.05, 0) is 67.1 Å². The van der Waals surface area contributed by atoms with Crippen LogP contribution in [0.3, 0.4) is 0 Å². The van der Waals surface area contributed by atoms with Crippen molar-refractivity contribution in [2.75, 3.05) is 10.6 Å². The van der Waals surface area contributed by atoms with E-state index in [1.54, 1.807) is 17.5 Å². The van der Waals surface area contributed by atoms with Crippen molar-refractivity contribution in [3.8, 4) is 0 Å². The van der Waals surface area contributed by atoms with Crippen LogP contribution >= 0.6 is 11.3 Å². The molecule has 2 aliphatic rings. The van der Waals surface area contributed by atoms with Crippen molar-refractivity contribution in [1.82, 2.24) is 4.98 Å². The second kappa shape index (κ2) is 7.16. The normalized spacial score (nSPS) is 21.0. The maximum absolute atomic E-state index is 13.4. The highest BCUT2D eigenvalue weighted by Crippen LogP contribution is 2.45. The van der Waals surface area contributed by atoms with Gasteiger partial charge in [-0.15, -0.1) is 11.3 Å². The molecule has 0 bridgehead atoms. The standard InChI is InChI=1S/C24H23N3OS/c1-14-10-18-19(11-15(14)2)27-24(17-6-3-4-8-25-17)23-20(26-18)12-16(13-21(23)28)22-7-5-9-29-22/h3-11,16,24,26-27H,12-13H2,1-2H3/t16-,24-/m1/s1. The summed E-state index contributed by atoms with van der Waals surface area (Å²) in [6, 6.07) is 14.2. The zero-order valence-electron chi connectivity index (χ0n) is 16.5. The summed E-state index contributed by atoms with van der Waals surface area (Å²) in [4.78, 5) is 19.2. The van der Waals surface area contributed by atoms with Crippen LogP contribution < -0.4 is 10.6 Å². The van der Waals surface area contributed by atoms with Gasteiger partial charge < -0.3 is 10.6 Å². The SMILES string of the molecule is Cc1cc2c(cc1C)N[C@H](c1ccccn1)C1=C(C[C@@H](c3cccs3)CC1=O)N2. The number of thiophene rings is 1. The lowest BCUT2D eigenvalue weighted by Gasteiger charge is -2.28. The lowest BCUT2D eigenvalue weighted by atomic mass is 9.81. The molecule has 2 atom stereocenters. The van der Waals surface area contributed by atoms with Gasteiger partial charge in [0.1, 0.15) is 0 Å². The fourth-order valence-corrected chi connectivity index (χ4v) is 5.14. The van der Waals surface area contributed by atoms with Crippen LogP contribution in [-0.2, 0) is 4.79 Å². The number of hydrogen-bond acceptors (Lipinski definition) is 5. The Labute approximate surface area is 174 Å². The summed E-state index contributed by atoms with van der Waals surface area (Å²) in [5, 5.41) is 9.33. The van der Waals surface area contributed by atoms with E-state index in [1.165, 1.54) is 16.0 Å². The lowest BCUT2D eigenvalue weighted by molar-refractivity contribution is -0.116. The maximum Gasteiger partial charge on any atom is 0.163 e. The van der Waals surface area contributed by atoms with Crippen molar-refractivity contribution in [2.45, 2.75) is 38.6 Å². The number of anilines is 2. The van der Waals surface area contributed by atoms with Crippen LogP contribution in [0, 0.1) is 13.8 Å². The highest BCUT2D eigenvalue weighted by molar-refractivity contribution is 7.10. The summed E-state index contributed by atoms with van der Waals surface area (Å²) >= 11 is 1.73. The summed E-state index contributed by atoms with van der Waals surface area (Å²) in [7, 11) is 0. The van der Waals surface area contributed by atoms with E-state index >= 15 is 0 Å². The zero-order valence-corrected chi connectivity index (χ0v) is 17.3. The van der Waals surface area contributed by atoms with E-state index in [-0.39, 0.29) is 17.7 Å². The smallest absolute Gasteiger partial charge is 0.163 e. The van der Waals surface area contributed by atoms with Crippen molar-refractivity contribution < 1.29 is 4.79 Å². The van der Waals surface area contributed by atoms with Gasteiger partial charge in [0.05, 0.1) is 23.1 Å². The van der Waals surface area contributed by atoms with Crippen LogP contribution in [0.25, 0.3) is 0 Å². The third-order valence-corrected chi connectivity index (χ3v) is 6.98. The molecule has 4 nitrogen and oxygen atoms in total. The first-order chi connectivity index (χ1) is 14.1. The summed E-state index contributed by atoms with van der Waals surface area (Å²) in [6.45, 7) is 4.23. The molecule has 1 aromatic carbocycles. The number of carbonyl (C=O) groups is 1. The second-order valence-electron chi connectivity index (χ2n) is 7.88. The molecule has 0 amide bonds. The highest BCUT2D eigenvalue weighted by atomic mass is 32.1. The molecule has 5 heteroatoms. The van der Waals surface area contributed by atoms with Gasteiger partial charge in [-0.25, -0.2) is 0 Å². The molecule has 2 N–H and O–H groups in total.